The summed E-state index contributed by atoms with van der Waals surface area (Å²) in [5.41, 5.74) is -1.32. The topological polar surface area (TPSA) is 118 Å². The van der Waals surface area contributed by atoms with Gasteiger partial charge in [0.2, 0.25) is 0 Å². The molecule has 4 fully saturated rings. The second-order valence-corrected chi connectivity index (χ2v) is 14.5. The van der Waals surface area contributed by atoms with Gasteiger partial charge in [0.1, 0.15) is 6.10 Å². The molecule has 6 heteroatoms. The first-order chi connectivity index (χ1) is 16.7. The third kappa shape index (κ3) is 2.85. The summed E-state index contributed by atoms with van der Waals surface area (Å²) in [6.07, 6.45) is 4.32. The van der Waals surface area contributed by atoms with E-state index in [1.807, 2.05) is 6.92 Å². The van der Waals surface area contributed by atoms with Crippen LogP contribution in [0.5, 0.6) is 0 Å². The number of hydrogen-bond donors (Lipinski definition) is 5. The van der Waals surface area contributed by atoms with Crippen LogP contribution in [0, 0.1) is 56.7 Å². The molecule has 0 amide bonds. The summed E-state index contributed by atoms with van der Waals surface area (Å²) in [6.45, 7) is 12.9. The first-order valence-electron chi connectivity index (χ1n) is 14.3. The van der Waals surface area contributed by atoms with Crippen LogP contribution in [0.1, 0.15) is 86.5 Å². The Morgan fingerprint density at radius 2 is 1.61 bits per heavy atom. The van der Waals surface area contributed by atoms with Crippen molar-refractivity contribution in [1.82, 2.24) is 0 Å². The average molecular weight is 505 g/mol. The van der Waals surface area contributed by atoms with E-state index in [2.05, 4.69) is 40.7 Å². The van der Waals surface area contributed by atoms with E-state index < -0.39 is 40.5 Å². The SMILES string of the molecule is C[C@@H]1CC[C@]2(C(=O)O)CC[C@]3(C)C(=CCC4[C@]5(C)C(CC[C@]43C)C(C)(CO)[C@H](O)[C@H](O)[C@H]5O)C2[C@H]1C. The predicted molar refractivity (Wildman–Crippen MR) is 137 cm³/mol. The van der Waals surface area contributed by atoms with E-state index in [-0.39, 0.29) is 35.2 Å². The maximum absolute atomic E-state index is 12.8. The molecule has 0 heterocycles. The Morgan fingerprint density at radius 1 is 0.944 bits per heavy atom. The molecule has 36 heavy (non-hydrogen) atoms. The molecule has 0 saturated heterocycles. The molecular formula is C30H48O6. The molecule has 0 spiro atoms. The van der Waals surface area contributed by atoms with Crippen LogP contribution < -0.4 is 0 Å². The van der Waals surface area contributed by atoms with E-state index in [0.717, 1.165) is 38.5 Å². The maximum atomic E-state index is 12.8. The van der Waals surface area contributed by atoms with Gasteiger partial charge in [-0.05, 0) is 85.4 Å². The molecule has 4 unspecified atom stereocenters. The molecule has 0 aromatic carbocycles. The Balaban J connectivity index is 1.65. The van der Waals surface area contributed by atoms with E-state index in [9.17, 15) is 30.3 Å². The van der Waals surface area contributed by atoms with Gasteiger partial charge >= 0.3 is 5.97 Å². The summed E-state index contributed by atoms with van der Waals surface area (Å²) in [5.74, 6) is 0.0710. The molecular weight excluding hydrogens is 456 g/mol. The van der Waals surface area contributed by atoms with Crippen molar-refractivity contribution in [3.8, 4) is 0 Å². The summed E-state index contributed by atoms with van der Waals surface area (Å²) >= 11 is 0. The van der Waals surface area contributed by atoms with Gasteiger partial charge < -0.3 is 25.5 Å². The standard InChI is InChI=1S/C30H48O6/c1-16-9-12-30(25(35)36)14-13-27(4)18(21(30)17(16)2)7-8-20-28(27,5)11-10-19-26(3,15-31)23(33)22(32)24(34)29(19,20)6/h7,16-17,19-24,31-34H,8-15H2,1-6H3,(H,35,36)/t16-,17+,19?,20?,21?,22+,23-,24-,26?,27-,28-,29+,30+/m1/s1. The van der Waals surface area contributed by atoms with E-state index in [1.165, 1.54) is 5.57 Å². The lowest BCUT2D eigenvalue weighted by molar-refractivity contribution is -0.287. The van der Waals surface area contributed by atoms with E-state index in [4.69, 9.17) is 0 Å². The summed E-state index contributed by atoms with van der Waals surface area (Å²) in [5, 5.41) is 54.5. The van der Waals surface area contributed by atoms with Crippen LogP contribution in [0.2, 0.25) is 0 Å². The molecule has 0 aromatic rings. The van der Waals surface area contributed by atoms with Gasteiger partial charge in [0.25, 0.3) is 0 Å². The van der Waals surface area contributed by atoms with Crippen LogP contribution in [0.4, 0.5) is 0 Å². The van der Waals surface area contributed by atoms with Crippen LogP contribution in [-0.4, -0.2) is 56.4 Å². The number of aliphatic hydroxyl groups excluding tert-OH is 4. The van der Waals surface area contributed by atoms with Crippen molar-refractivity contribution in [2.24, 2.45) is 56.7 Å². The molecule has 0 aromatic heterocycles. The van der Waals surface area contributed by atoms with Crippen molar-refractivity contribution in [2.75, 3.05) is 6.61 Å². The summed E-state index contributed by atoms with van der Waals surface area (Å²) in [4.78, 5) is 12.8. The van der Waals surface area contributed by atoms with Gasteiger partial charge in [0.15, 0.2) is 0 Å². The van der Waals surface area contributed by atoms with Crippen LogP contribution in [0.25, 0.3) is 0 Å². The zero-order chi connectivity index (χ0) is 26.6. The van der Waals surface area contributed by atoms with Crippen LogP contribution in [-0.2, 0) is 4.79 Å². The Morgan fingerprint density at radius 3 is 2.22 bits per heavy atom. The Labute approximate surface area is 216 Å². The third-order valence-electron chi connectivity index (χ3n) is 13.7. The van der Waals surface area contributed by atoms with Crippen LogP contribution in [0.3, 0.4) is 0 Å². The molecule has 5 aliphatic carbocycles. The van der Waals surface area contributed by atoms with Gasteiger partial charge in [-0.25, -0.2) is 0 Å². The fourth-order valence-corrected chi connectivity index (χ4v) is 10.9. The minimum absolute atomic E-state index is 0.0206. The number of carboxylic acid groups (broad SMARTS) is 1. The highest BCUT2D eigenvalue weighted by molar-refractivity contribution is 5.76. The number of allylic oxidation sites excluding steroid dienone is 2. The molecule has 13 atom stereocenters. The quantitative estimate of drug-likeness (QED) is 0.363. The summed E-state index contributed by atoms with van der Waals surface area (Å²) in [6, 6.07) is 0. The predicted octanol–water partition coefficient (Wildman–Crippen LogP) is 4.00. The smallest absolute Gasteiger partial charge is 0.310 e. The van der Waals surface area contributed by atoms with Gasteiger partial charge in [-0.1, -0.05) is 53.2 Å². The maximum Gasteiger partial charge on any atom is 0.310 e. The first kappa shape index (κ1) is 26.6. The Kier molecular flexibility index (Phi) is 5.95. The average Bonchev–Trinajstić information content (AvgIpc) is 2.84. The number of carbonyl (C=O) groups is 1. The molecule has 5 rings (SSSR count). The first-order valence-corrected chi connectivity index (χ1v) is 14.3. The van der Waals surface area contributed by atoms with Crippen molar-refractivity contribution in [1.29, 1.82) is 0 Å². The van der Waals surface area contributed by atoms with Gasteiger partial charge in [0.05, 0.1) is 24.2 Å². The number of rotatable bonds is 2. The van der Waals surface area contributed by atoms with E-state index in [0.29, 0.717) is 18.3 Å². The monoisotopic (exact) mass is 504 g/mol. The van der Waals surface area contributed by atoms with Crippen molar-refractivity contribution < 1.29 is 30.3 Å². The third-order valence-corrected chi connectivity index (χ3v) is 13.7. The van der Waals surface area contributed by atoms with Gasteiger partial charge in [-0.3, -0.25) is 4.79 Å². The highest BCUT2D eigenvalue weighted by Gasteiger charge is 2.72. The normalized spacial score (nSPS) is 58.6. The lowest BCUT2D eigenvalue weighted by Gasteiger charge is -2.72. The lowest BCUT2D eigenvalue weighted by Crippen LogP contribution is -2.73. The van der Waals surface area contributed by atoms with Crippen molar-refractivity contribution in [3.05, 3.63) is 11.6 Å². The van der Waals surface area contributed by atoms with Crippen LogP contribution in [0.15, 0.2) is 11.6 Å². The highest BCUT2D eigenvalue weighted by Crippen LogP contribution is 2.75. The van der Waals surface area contributed by atoms with Gasteiger partial charge in [0, 0.05) is 10.8 Å². The number of carboxylic acids is 1. The zero-order valence-electron chi connectivity index (χ0n) is 23.0. The molecule has 6 nitrogen and oxygen atoms in total. The second-order valence-electron chi connectivity index (χ2n) is 14.5. The van der Waals surface area contributed by atoms with Crippen molar-refractivity contribution >= 4 is 5.97 Å². The summed E-state index contributed by atoms with van der Waals surface area (Å²) < 4.78 is 0. The Bertz CT molecular complexity index is 963. The number of hydrogen-bond acceptors (Lipinski definition) is 5. The molecule has 0 bridgehead atoms. The highest BCUT2D eigenvalue weighted by atomic mass is 16.4. The molecule has 0 radical (unpaired) electrons. The number of fused-ring (bicyclic) bond motifs is 7. The fraction of sp³-hybridized carbons (Fsp3) is 0.900. The van der Waals surface area contributed by atoms with E-state index in [1.54, 1.807) is 0 Å². The zero-order valence-corrected chi connectivity index (χ0v) is 23.0. The fourth-order valence-electron chi connectivity index (χ4n) is 10.9. The largest absolute Gasteiger partial charge is 0.481 e. The Hall–Kier alpha value is -0.950. The second kappa shape index (κ2) is 8.03. The van der Waals surface area contributed by atoms with Crippen molar-refractivity contribution in [3.63, 3.8) is 0 Å². The number of aliphatic hydroxyl groups is 4. The van der Waals surface area contributed by atoms with Gasteiger partial charge in [-0.2, -0.15) is 0 Å². The molecule has 204 valence electrons. The molecule has 4 saturated carbocycles. The molecule has 5 N–H and O–H groups in total. The van der Waals surface area contributed by atoms with Gasteiger partial charge in [-0.15, -0.1) is 0 Å². The minimum Gasteiger partial charge on any atom is -0.481 e. The van der Waals surface area contributed by atoms with E-state index >= 15 is 0 Å². The molecule has 5 aliphatic rings. The number of aliphatic carboxylic acids is 1. The molecule has 0 aliphatic heterocycles. The minimum atomic E-state index is -1.31. The van der Waals surface area contributed by atoms with Crippen molar-refractivity contribution in [2.45, 2.75) is 105 Å². The van der Waals surface area contributed by atoms with Crippen LogP contribution >= 0.6 is 0 Å². The summed E-state index contributed by atoms with van der Waals surface area (Å²) in [7, 11) is 0. The lowest BCUT2D eigenvalue weighted by atomic mass is 9.32.